The fraction of sp³-hybridized carbons (Fsp3) is 0. The Kier molecular flexibility index (Phi) is 8.51. The van der Waals surface area contributed by atoms with Crippen molar-refractivity contribution in [2.45, 2.75) is 0 Å². The molecule has 310 valence electrons. The largest absolute Gasteiger partial charge is 0.305 e. The molecule has 13 rings (SSSR count). The molecule has 0 bridgehead atoms. The van der Waals surface area contributed by atoms with Crippen LogP contribution in [-0.2, 0) is 0 Å². The second-order valence-electron chi connectivity index (χ2n) is 16.8. The lowest BCUT2D eigenvalue weighted by molar-refractivity contribution is 0.985. The van der Waals surface area contributed by atoms with E-state index in [1.807, 2.05) is 60.8 Å². The minimum atomic E-state index is 0.590. The van der Waals surface area contributed by atoms with Gasteiger partial charge in [0.15, 0.2) is 5.82 Å². The smallest absolute Gasteiger partial charge is 0.165 e. The molecule has 0 aliphatic heterocycles. The van der Waals surface area contributed by atoms with Gasteiger partial charge in [0.2, 0.25) is 0 Å². The van der Waals surface area contributed by atoms with Crippen LogP contribution in [0.25, 0.3) is 116 Å². The van der Waals surface area contributed by atoms with Crippen molar-refractivity contribution in [1.29, 1.82) is 10.5 Å². The predicted octanol–water partition coefficient (Wildman–Crippen LogP) is 14.5. The number of benzene rings is 8. The maximum absolute atomic E-state index is 10.2. The first-order valence-electron chi connectivity index (χ1n) is 22.2. The van der Waals surface area contributed by atoms with Crippen molar-refractivity contribution >= 4 is 65.4 Å². The quantitative estimate of drug-likeness (QED) is 0.167. The highest BCUT2D eigenvalue weighted by atomic mass is 15.2. The number of nitriles is 2. The molecule has 5 heterocycles. The van der Waals surface area contributed by atoms with Crippen LogP contribution in [-0.4, -0.2) is 23.7 Å². The Bertz CT molecular complexity index is 4240. The number of nitrogens with zero attached hydrogens (tertiary/aromatic N) is 7. The molecule has 0 fully saturated rings. The monoisotopic (exact) mass is 853 g/mol. The lowest BCUT2D eigenvalue weighted by Gasteiger charge is -2.23. The summed E-state index contributed by atoms with van der Waals surface area (Å²) in [6.45, 7) is 0. The van der Waals surface area contributed by atoms with Crippen molar-refractivity contribution in [1.82, 2.24) is 23.7 Å². The zero-order chi connectivity index (χ0) is 44.6. The van der Waals surface area contributed by atoms with E-state index >= 15 is 0 Å². The molecule has 0 N–H and O–H groups in total. The summed E-state index contributed by atoms with van der Waals surface area (Å²) in [5, 5.41) is 26.5. The van der Waals surface area contributed by atoms with E-state index in [0.29, 0.717) is 22.8 Å². The van der Waals surface area contributed by atoms with Crippen molar-refractivity contribution in [2.24, 2.45) is 0 Å². The Balaban J connectivity index is 1.26. The van der Waals surface area contributed by atoms with Gasteiger partial charge in [0.25, 0.3) is 0 Å². The maximum atomic E-state index is 10.2. The lowest BCUT2D eigenvalue weighted by Crippen LogP contribution is -2.11. The van der Waals surface area contributed by atoms with Crippen LogP contribution in [0, 0.1) is 22.7 Å². The normalized spacial score (nSPS) is 11.6. The van der Waals surface area contributed by atoms with Crippen LogP contribution in [0.5, 0.6) is 0 Å². The molecule has 0 amide bonds. The van der Waals surface area contributed by atoms with Crippen molar-refractivity contribution in [3.8, 4) is 63.0 Å². The minimum Gasteiger partial charge on any atom is -0.305 e. The van der Waals surface area contributed by atoms with Crippen molar-refractivity contribution in [2.75, 3.05) is 0 Å². The van der Waals surface area contributed by atoms with E-state index in [-0.39, 0.29) is 0 Å². The Labute approximate surface area is 384 Å². The molecule has 0 aliphatic rings. The molecule has 67 heavy (non-hydrogen) atoms. The van der Waals surface area contributed by atoms with Gasteiger partial charge in [-0.3, -0.25) is 14.1 Å². The van der Waals surface area contributed by atoms with Crippen LogP contribution in [0.3, 0.4) is 0 Å². The summed E-state index contributed by atoms with van der Waals surface area (Å²) in [7, 11) is 0. The van der Waals surface area contributed by atoms with E-state index in [1.54, 1.807) is 0 Å². The first-order chi connectivity index (χ1) is 33.2. The zero-order valence-corrected chi connectivity index (χ0v) is 35.8. The number of pyridine rings is 2. The van der Waals surface area contributed by atoms with E-state index < -0.39 is 0 Å². The lowest BCUT2D eigenvalue weighted by atomic mass is 9.95. The SMILES string of the molecule is N#Cc1ccc2c(c1)c1ccccc1n2-c1cc(-c2ccccc2-c2ccccn2)c(-n2c3ccccc3c3cc(C#N)ccc32)c(-n2c3ccccc3c3cc(-c4ccccc4)ccc32)n1. The third kappa shape index (κ3) is 5.83. The summed E-state index contributed by atoms with van der Waals surface area (Å²) in [4.78, 5) is 10.9. The van der Waals surface area contributed by atoms with Gasteiger partial charge < -0.3 is 4.57 Å². The van der Waals surface area contributed by atoms with Crippen molar-refractivity contribution in [3.05, 3.63) is 224 Å². The summed E-state index contributed by atoms with van der Waals surface area (Å²) in [5.41, 5.74) is 13.9. The predicted molar refractivity (Wildman–Crippen MR) is 271 cm³/mol. The topological polar surface area (TPSA) is 88.1 Å². The van der Waals surface area contributed by atoms with Crippen LogP contribution >= 0.6 is 0 Å². The molecule has 13 aromatic rings. The average molecular weight is 854 g/mol. The van der Waals surface area contributed by atoms with Gasteiger partial charge in [-0.05, 0) is 102 Å². The van der Waals surface area contributed by atoms with Crippen LogP contribution in [0.4, 0.5) is 0 Å². The maximum Gasteiger partial charge on any atom is 0.165 e. The number of hydrogen-bond donors (Lipinski definition) is 0. The Morgan fingerprint density at radius 2 is 0.866 bits per heavy atom. The molecule has 0 atom stereocenters. The molecular weight excluding hydrogens is 819 g/mol. The number of hydrogen-bond acceptors (Lipinski definition) is 4. The minimum absolute atomic E-state index is 0.590. The zero-order valence-electron chi connectivity index (χ0n) is 35.8. The highest BCUT2D eigenvalue weighted by molar-refractivity contribution is 6.14. The molecule has 0 radical (unpaired) electrons. The molecule has 0 unspecified atom stereocenters. The highest BCUT2D eigenvalue weighted by Crippen LogP contribution is 2.46. The van der Waals surface area contributed by atoms with E-state index in [9.17, 15) is 10.5 Å². The number of rotatable bonds is 6. The Hall–Kier alpha value is -9.56. The molecule has 5 aromatic heterocycles. The van der Waals surface area contributed by atoms with Crippen LogP contribution in [0.2, 0.25) is 0 Å². The van der Waals surface area contributed by atoms with E-state index in [1.165, 1.54) is 0 Å². The van der Waals surface area contributed by atoms with Crippen molar-refractivity contribution in [3.63, 3.8) is 0 Å². The first kappa shape index (κ1) is 37.9. The van der Waals surface area contributed by atoms with E-state index in [2.05, 4.69) is 177 Å². The summed E-state index contributed by atoms with van der Waals surface area (Å²) in [5.74, 6) is 1.42. The highest BCUT2D eigenvalue weighted by Gasteiger charge is 2.28. The van der Waals surface area contributed by atoms with Gasteiger partial charge in [0, 0.05) is 49.6 Å². The van der Waals surface area contributed by atoms with Crippen molar-refractivity contribution < 1.29 is 0 Å². The molecule has 0 saturated carbocycles. The average Bonchev–Trinajstić information content (AvgIpc) is 4.03. The molecule has 0 aliphatic carbocycles. The summed E-state index contributed by atoms with van der Waals surface area (Å²) < 4.78 is 6.90. The number of para-hydroxylation sites is 3. The Morgan fingerprint density at radius 1 is 0.358 bits per heavy atom. The van der Waals surface area contributed by atoms with Gasteiger partial charge in [-0.25, -0.2) is 4.98 Å². The first-order valence-corrected chi connectivity index (χ1v) is 22.2. The molecule has 7 nitrogen and oxygen atoms in total. The van der Waals surface area contributed by atoms with E-state index in [0.717, 1.165) is 105 Å². The van der Waals surface area contributed by atoms with Gasteiger partial charge >= 0.3 is 0 Å². The summed E-state index contributed by atoms with van der Waals surface area (Å²) in [6, 6.07) is 76.0. The third-order valence-corrected chi connectivity index (χ3v) is 13.2. The molecule has 7 heteroatoms. The second-order valence-corrected chi connectivity index (χ2v) is 16.8. The number of aromatic nitrogens is 5. The molecule has 0 saturated heterocycles. The fourth-order valence-corrected chi connectivity index (χ4v) is 10.3. The molecule has 0 spiro atoms. The van der Waals surface area contributed by atoms with Crippen LogP contribution in [0.15, 0.2) is 212 Å². The Morgan fingerprint density at radius 3 is 1.51 bits per heavy atom. The fourth-order valence-electron chi connectivity index (χ4n) is 10.3. The van der Waals surface area contributed by atoms with Gasteiger partial charge in [0.1, 0.15) is 5.82 Å². The van der Waals surface area contributed by atoms with Gasteiger partial charge in [-0.2, -0.15) is 10.5 Å². The summed E-state index contributed by atoms with van der Waals surface area (Å²) >= 11 is 0. The van der Waals surface area contributed by atoms with Crippen LogP contribution < -0.4 is 0 Å². The standard InChI is InChI=1S/C60H35N7/c61-36-38-25-28-55-47(32-38)44-18-6-9-22-52(44)65(55)58-35-50(42-16-4-5-17-43(42)51-21-12-13-31-63-51)59(66-53-23-10-7-19-45(53)48-33-39(37-62)26-29-56(48)66)60(64-58)67-54-24-11-8-20-46(54)49-34-41(27-30-57(49)67)40-14-2-1-3-15-40/h1-35H. The van der Waals surface area contributed by atoms with Gasteiger partial charge in [-0.15, -0.1) is 0 Å². The second kappa shape index (κ2) is 15.0. The van der Waals surface area contributed by atoms with Gasteiger partial charge in [0.05, 0.1) is 67.7 Å². The molecular formula is C60H35N7. The van der Waals surface area contributed by atoms with Gasteiger partial charge in [-0.1, -0.05) is 121 Å². The van der Waals surface area contributed by atoms with E-state index in [4.69, 9.17) is 9.97 Å². The van der Waals surface area contributed by atoms with Crippen LogP contribution in [0.1, 0.15) is 11.1 Å². The third-order valence-electron chi connectivity index (χ3n) is 13.2. The molecule has 8 aromatic carbocycles. The number of fused-ring (bicyclic) bond motifs is 9. The summed E-state index contributed by atoms with van der Waals surface area (Å²) in [6.07, 6.45) is 1.84.